The lowest BCUT2D eigenvalue weighted by atomic mass is 10.1. The molecule has 2 aromatic rings. The van der Waals surface area contributed by atoms with Crippen molar-refractivity contribution in [2.24, 2.45) is 4.99 Å². The van der Waals surface area contributed by atoms with Crippen LogP contribution in [0.25, 0.3) is 0 Å². The number of aromatic nitrogens is 1. The summed E-state index contributed by atoms with van der Waals surface area (Å²) >= 11 is 1.51. The molecule has 1 aromatic heterocycles. The maximum Gasteiger partial charge on any atom is 0.416 e. The van der Waals surface area contributed by atoms with Crippen LogP contribution in [0.5, 0.6) is 0 Å². The predicted octanol–water partition coefficient (Wildman–Crippen LogP) is 4.29. The zero-order valence-corrected chi connectivity index (χ0v) is 15.4. The highest BCUT2D eigenvalue weighted by Crippen LogP contribution is 2.32. The zero-order chi connectivity index (χ0) is 19.3. The molecule has 0 saturated heterocycles. The molecule has 1 heterocycles. The van der Waals surface area contributed by atoms with Crippen molar-refractivity contribution in [3.05, 3.63) is 51.2 Å². The van der Waals surface area contributed by atoms with E-state index in [1.54, 1.807) is 0 Å². The fourth-order valence-electron chi connectivity index (χ4n) is 2.20. The summed E-state index contributed by atoms with van der Waals surface area (Å²) in [6, 6.07) is 2.62. The van der Waals surface area contributed by atoms with Crippen molar-refractivity contribution in [2.45, 2.75) is 39.0 Å². The van der Waals surface area contributed by atoms with Gasteiger partial charge < -0.3 is 10.6 Å². The van der Waals surface area contributed by atoms with E-state index in [1.165, 1.54) is 18.4 Å². The Morgan fingerprint density at radius 2 is 1.92 bits per heavy atom. The van der Waals surface area contributed by atoms with Gasteiger partial charge >= 0.3 is 6.18 Å². The smallest absolute Gasteiger partial charge is 0.352 e. The van der Waals surface area contributed by atoms with E-state index in [1.807, 2.05) is 19.2 Å². The van der Waals surface area contributed by atoms with E-state index in [0.29, 0.717) is 24.5 Å². The second-order valence-corrected chi connectivity index (χ2v) is 6.84. The molecule has 0 saturated carbocycles. The van der Waals surface area contributed by atoms with Crippen molar-refractivity contribution in [1.82, 2.24) is 15.6 Å². The third-order valence-electron chi connectivity index (χ3n) is 3.62. The van der Waals surface area contributed by atoms with Crippen molar-refractivity contribution >= 4 is 17.3 Å². The van der Waals surface area contributed by atoms with Gasteiger partial charge in [0.05, 0.1) is 17.8 Å². The molecule has 0 atom stereocenters. The maximum absolute atomic E-state index is 13.1. The quantitative estimate of drug-likeness (QED) is 0.456. The standard InChI is InChI=1S/C17H20F4N4S/c1-10(2)14-9-26-15(25-14)8-24-16(22-3)23-7-11-4-5-12(18)6-13(11)17(19,20)21/h4-6,9-10H,7-8H2,1-3H3,(H2,22,23,24). The monoisotopic (exact) mass is 388 g/mol. The minimum atomic E-state index is -4.62. The van der Waals surface area contributed by atoms with Crippen LogP contribution >= 0.6 is 11.3 Å². The first-order valence-corrected chi connectivity index (χ1v) is 8.83. The summed E-state index contributed by atoms with van der Waals surface area (Å²) in [7, 11) is 1.52. The highest BCUT2D eigenvalue weighted by molar-refractivity contribution is 7.09. The van der Waals surface area contributed by atoms with Gasteiger partial charge in [-0.3, -0.25) is 4.99 Å². The summed E-state index contributed by atoms with van der Waals surface area (Å²) in [5.74, 6) is -0.256. The molecule has 2 rings (SSSR count). The first-order chi connectivity index (χ1) is 12.2. The van der Waals surface area contributed by atoms with Crippen LogP contribution in [0.2, 0.25) is 0 Å². The fraction of sp³-hybridized carbons (Fsp3) is 0.412. The van der Waals surface area contributed by atoms with E-state index < -0.39 is 17.6 Å². The number of hydrogen-bond acceptors (Lipinski definition) is 3. The number of thiazole rings is 1. The van der Waals surface area contributed by atoms with E-state index in [-0.39, 0.29) is 12.1 Å². The van der Waals surface area contributed by atoms with E-state index in [2.05, 4.69) is 20.6 Å². The van der Waals surface area contributed by atoms with Crippen LogP contribution in [0.1, 0.15) is 41.6 Å². The lowest BCUT2D eigenvalue weighted by Gasteiger charge is -2.15. The van der Waals surface area contributed by atoms with Gasteiger partial charge in [-0.05, 0) is 23.6 Å². The molecule has 0 amide bonds. The second-order valence-electron chi connectivity index (χ2n) is 5.90. The number of halogens is 4. The average Bonchev–Trinajstić information content (AvgIpc) is 3.04. The van der Waals surface area contributed by atoms with Gasteiger partial charge in [0.1, 0.15) is 10.8 Å². The highest BCUT2D eigenvalue weighted by atomic mass is 32.1. The summed E-state index contributed by atoms with van der Waals surface area (Å²) in [4.78, 5) is 8.46. The number of nitrogens with one attached hydrogen (secondary N) is 2. The molecule has 0 aliphatic carbocycles. The second kappa shape index (κ2) is 8.48. The molecule has 9 heteroatoms. The molecule has 0 aliphatic heterocycles. The first-order valence-electron chi connectivity index (χ1n) is 7.95. The summed E-state index contributed by atoms with van der Waals surface area (Å²) in [6.07, 6.45) is -4.62. The van der Waals surface area contributed by atoms with E-state index >= 15 is 0 Å². The Bertz CT molecular complexity index is 768. The average molecular weight is 388 g/mol. The number of guanidine groups is 1. The number of hydrogen-bond donors (Lipinski definition) is 2. The SMILES string of the molecule is CN=C(NCc1nc(C(C)C)cs1)NCc1ccc(F)cc1C(F)(F)F. The van der Waals surface area contributed by atoms with Crippen molar-refractivity contribution in [2.75, 3.05) is 7.05 Å². The van der Waals surface area contributed by atoms with Crippen molar-refractivity contribution in [3.63, 3.8) is 0 Å². The van der Waals surface area contributed by atoms with Gasteiger partial charge in [-0.15, -0.1) is 11.3 Å². The Hall–Kier alpha value is -2.16. The van der Waals surface area contributed by atoms with Crippen LogP contribution in [0.3, 0.4) is 0 Å². The summed E-state index contributed by atoms with van der Waals surface area (Å²) in [5, 5.41) is 8.65. The largest absolute Gasteiger partial charge is 0.416 e. The van der Waals surface area contributed by atoms with Gasteiger partial charge in [-0.25, -0.2) is 9.37 Å². The predicted molar refractivity (Wildman–Crippen MR) is 94.6 cm³/mol. The molecule has 1 aromatic carbocycles. The Morgan fingerprint density at radius 1 is 1.23 bits per heavy atom. The molecule has 0 aliphatic rings. The molecular weight excluding hydrogens is 368 g/mol. The van der Waals surface area contributed by atoms with Crippen molar-refractivity contribution in [3.8, 4) is 0 Å². The summed E-state index contributed by atoms with van der Waals surface area (Å²) < 4.78 is 52.2. The molecule has 0 spiro atoms. The normalized spacial score (nSPS) is 12.5. The Balaban J connectivity index is 1.99. The number of benzene rings is 1. The van der Waals surface area contributed by atoms with Crippen molar-refractivity contribution < 1.29 is 17.6 Å². The lowest BCUT2D eigenvalue weighted by molar-refractivity contribution is -0.138. The minimum Gasteiger partial charge on any atom is -0.352 e. The number of alkyl halides is 3. The van der Waals surface area contributed by atoms with Crippen LogP contribution in [0.4, 0.5) is 17.6 Å². The molecule has 2 N–H and O–H groups in total. The maximum atomic E-state index is 13.1. The highest BCUT2D eigenvalue weighted by Gasteiger charge is 2.33. The number of nitrogens with zero attached hydrogens (tertiary/aromatic N) is 2. The van der Waals surface area contributed by atoms with E-state index in [0.717, 1.165) is 22.8 Å². The van der Waals surface area contributed by atoms with Crippen LogP contribution in [0.15, 0.2) is 28.6 Å². The van der Waals surface area contributed by atoms with E-state index in [4.69, 9.17) is 0 Å². The summed E-state index contributed by atoms with van der Waals surface area (Å²) in [6.45, 7) is 4.37. The third kappa shape index (κ3) is 5.42. The van der Waals surface area contributed by atoms with Crippen LogP contribution in [-0.2, 0) is 19.3 Å². The molecule has 0 bridgehead atoms. The molecule has 0 radical (unpaired) electrons. The van der Waals surface area contributed by atoms with E-state index in [9.17, 15) is 17.6 Å². The Kier molecular flexibility index (Phi) is 6.57. The van der Waals surface area contributed by atoms with Gasteiger partial charge in [0, 0.05) is 19.0 Å². The zero-order valence-electron chi connectivity index (χ0n) is 14.6. The molecule has 142 valence electrons. The van der Waals surface area contributed by atoms with Gasteiger partial charge in [0.25, 0.3) is 0 Å². The van der Waals surface area contributed by atoms with Gasteiger partial charge in [-0.2, -0.15) is 13.2 Å². The molecule has 26 heavy (non-hydrogen) atoms. The fourth-order valence-corrected chi connectivity index (χ4v) is 3.09. The number of rotatable bonds is 5. The first kappa shape index (κ1) is 20.2. The van der Waals surface area contributed by atoms with Crippen LogP contribution in [0, 0.1) is 5.82 Å². The summed E-state index contributed by atoms with van der Waals surface area (Å²) in [5.41, 5.74) is -0.0592. The molecule has 4 nitrogen and oxygen atoms in total. The Labute approximate surface area is 153 Å². The van der Waals surface area contributed by atoms with Gasteiger partial charge in [-0.1, -0.05) is 19.9 Å². The third-order valence-corrected chi connectivity index (χ3v) is 4.48. The topological polar surface area (TPSA) is 49.3 Å². The van der Waals surface area contributed by atoms with Gasteiger partial charge in [0.2, 0.25) is 0 Å². The number of aliphatic imine (C=N–C) groups is 1. The molecule has 0 unspecified atom stereocenters. The van der Waals surface area contributed by atoms with Crippen LogP contribution < -0.4 is 10.6 Å². The van der Waals surface area contributed by atoms with Crippen molar-refractivity contribution in [1.29, 1.82) is 0 Å². The Morgan fingerprint density at radius 3 is 2.50 bits per heavy atom. The molecular formula is C17H20F4N4S. The lowest BCUT2D eigenvalue weighted by Crippen LogP contribution is -2.36. The minimum absolute atomic E-state index is 0.0572. The van der Waals surface area contributed by atoms with Gasteiger partial charge in [0.15, 0.2) is 5.96 Å². The molecule has 0 fully saturated rings. The van der Waals surface area contributed by atoms with Crippen LogP contribution in [-0.4, -0.2) is 18.0 Å².